The summed E-state index contributed by atoms with van der Waals surface area (Å²) in [6.45, 7) is 2.81. The number of H-pyrrole nitrogens is 1. The Morgan fingerprint density at radius 3 is 2.50 bits per heavy atom. The van der Waals surface area contributed by atoms with Crippen molar-refractivity contribution in [2.45, 2.75) is 26.3 Å². The lowest BCUT2D eigenvalue weighted by Crippen LogP contribution is -2.41. The Balaban J connectivity index is 1.57. The molecule has 3 N–H and O–H groups in total. The van der Waals surface area contributed by atoms with Crippen LogP contribution in [0, 0.1) is 4.77 Å². The molecular formula is C23H27N5O5S. The molecule has 2 amide bonds. The Morgan fingerprint density at radius 2 is 1.82 bits per heavy atom. The first-order valence-corrected chi connectivity index (χ1v) is 11.1. The molecule has 0 fully saturated rings. The fourth-order valence-electron chi connectivity index (χ4n) is 3.10. The summed E-state index contributed by atoms with van der Waals surface area (Å²) in [5.41, 5.74) is 5.97. The summed E-state index contributed by atoms with van der Waals surface area (Å²) in [6, 6.07) is 12.2. The number of benzene rings is 2. The second kappa shape index (κ2) is 11.8. The highest BCUT2D eigenvalue weighted by molar-refractivity contribution is 7.71. The highest BCUT2D eigenvalue weighted by Crippen LogP contribution is 2.28. The number of carbonyl (C=O) groups is 2. The maximum Gasteiger partial charge on any atom is 0.269 e. The summed E-state index contributed by atoms with van der Waals surface area (Å²) in [5, 5.41) is 7.01. The normalized spacial score (nSPS) is 10.4. The molecule has 0 atom stereocenters. The molecule has 0 saturated carbocycles. The predicted octanol–water partition coefficient (Wildman–Crippen LogP) is 3.26. The minimum absolute atomic E-state index is 0.0738. The van der Waals surface area contributed by atoms with Crippen LogP contribution in [0.3, 0.4) is 0 Å². The van der Waals surface area contributed by atoms with E-state index in [2.05, 4.69) is 21.0 Å². The number of ether oxygens (including phenoxy) is 3. The SMILES string of the molecule is CCCOc1ccc(C(=O)NNC(=O)CCn2c(-c3ccc(OC)cc3)n[nH]c2=S)cc1OC. The molecule has 3 rings (SSSR count). The van der Waals surface area contributed by atoms with Gasteiger partial charge in [0.15, 0.2) is 22.1 Å². The molecule has 1 aromatic heterocycles. The molecule has 0 aliphatic carbocycles. The summed E-state index contributed by atoms with van der Waals surface area (Å²) in [5.74, 6) is 1.45. The molecule has 34 heavy (non-hydrogen) atoms. The van der Waals surface area contributed by atoms with Gasteiger partial charge in [0, 0.05) is 24.1 Å². The second-order valence-corrected chi connectivity index (χ2v) is 7.59. The van der Waals surface area contributed by atoms with E-state index < -0.39 is 5.91 Å². The van der Waals surface area contributed by atoms with Crippen molar-refractivity contribution in [2.24, 2.45) is 0 Å². The van der Waals surface area contributed by atoms with E-state index in [-0.39, 0.29) is 18.9 Å². The number of nitrogens with one attached hydrogen (secondary N) is 3. The van der Waals surface area contributed by atoms with Crippen LogP contribution >= 0.6 is 12.2 Å². The minimum atomic E-state index is -0.479. The van der Waals surface area contributed by atoms with Crippen LogP contribution in [0.25, 0.3) is 11.4 Å². The van der Waals surface area contributed by atoms with Gasteiger partial charge in [0.05, 0.1) is 20.8 Å². The van der Waals surface area contributed by atoms with Gasteiger partial charge in [0.25, 0.3) is 5.91 Å². The van der Waals surface area contributed by atoms with Crippen molar-refractivity contribution in [3.05, 3.63) is 52.8 Å². The number of methoxy groups -OCH3 is 2. The van der Waals surface area contributed by atoms with Gasteiger partial charge in [0.1, 0.15) is 5.75 Å². The van der Waals surface area contributed by atoms with Gasteiger partial charge in [-0.2, -0.15) is 5.10 Å². The zero-order valence-electron chi connectivity index (χ0n) is 19.2. The Kier molecular flexibility index (Phi) is 8.63. The Morgan fingerprint density at radius 1 is 1.06 bits per heavy atom. The molecule has 0 aliphatic rings. The maximum atomic E-state index is 12.5. The summed E-state index contributed by atoms with van der Waals surface area (Å²) >= 11 is 5.30. The van der Waals surface area contributed by atoms with Crippen LogP contribution in [-0.4, -0.2) is 47.4 Å². The van der Waals surface area contributed by atoms with Crippen molar-refractivity contribution >= 4 is 24.0 Å². The highest BCUT2D eigenvalue weighted by Gasteiger charge is 2.14. The lowest BCUT2D eigenvalue weighted by molar-refractivity contribution is -0.122. The first kappa shape index (κ1) is 24.8. The number of amides is 2. The fraction of sp³-hybridized carbons (Fsp3) is 0.304. The van der Waals surface area contributed by atoms with Crippen LogP contribution in [0.2, 0.25) is 0 Å². The van der Waals surface area contributed by atoms with Crippen molar-refractivity contribution in [1.82, 2.24) is 25.6 Å². The molecule has 0 radical (unpaired) electrons. The van der Waals surface area contributed by atoms with E-state index in [1.54, 1.807) is 29.9 Å². The van der Waals surface area contributed by atoms with E-state index in [9.17, 15) is 9.59 Å². The van der Waals surface area contributed by atoms with Crippen LogP contribution in [-0.2, 0) is 11.3 Å². The molecule has 0 spiro atoms. The van der Waals surface area contributed by atoms with Crippen LogP contribution in [0.1, 0.15) is 30.1 Å². The van der Waals surface area contributed by atoms with Gasteiger partial charge in [-0.25, -0.2) is 0 Å². The lowest BCUT2D eigenvalue weighted by atomic mass is 10.2. The molecule has 0 unspecified atom stereocenters. The van der Waals surface area contributed by atoms with Crippen molar-refractivity contribution in [2.75, 3.05) is 20.8 Å². The molecule has 3 aromatic rings. The molecule has 1 heterocycles. The van der Waals surface area contributed by atoms with E-state index >= 15 is 0 Å². The first-order chi connectivity index (χ1) is 16.5. The van der Waals surface area contributed by atoms with Crippen LogP contribution < -0.4 is 25.1 Å². The third-order valence-electron chi connectivity index (χ3n) is 4.87. The zero-order valence-corrected chi connectivity index (χ0v) is 20.0. The Labute approximate surface area is 202 Å². The third kappa shape index (κ3) is 6.13. The fourth-order valence-corrected chi connectivity index (χ4v) is 3.32. The number of hydrogen-bond donors (Lipinski definition) is 3. The van der Waals surface area contributed by atoms with Gasteiger partial charge in [-0.15, -0.1) is 0 Å². The van der Waals surface area contributed by atoms with Crippen molar-refractivity contribution in [1.29, 1.82) is 0 Å². The lowest BCUT2D eigenvalue weighted by Gasteiger charge is -2.12. The van der Waals surface area contributed by atoms with Crippen molar-refractivity contribution in [3.63, 3.8) is 0 Å². The number of aromatic amines is 1. The standard InChI is InChI=1S/C23H27N5O5S/c1-4-13-33-18-10-7-16(14-19(18)32-3)22(30)26-24-20(29)11-12-28-21(25-27-23(28)34)15-5-8-17(31-2)9-6-15/h5-10,14H,4,11-13H2,1-3H3,(H,24,29)(H,26,30)(H,27,34). The second-order valence-electron chi connectivity index (χ2n) is 7.20. The van der Waals surface area contributed by atoms with Crippen molar-refractivity contribution < 1.29 is 23.8 Å². The predicted molar refractivity (Wildman–Crippen MR) is 128 cm³/mol. The average molecular weight is 486 g/mol. The smallest absolute Gasteiger partial charge is 0.269 e. The first-order valence-electron chi connectivity index (χ1n) is 10.7. The summed E-state index contributed by atoms with van der Waals surface area (Å²) in [6.07, 6.45) is 0.924. The van der Waals surface area contributed by atoms with E-state index in [0.29, 0.717) is 34.3 Å². The highest BCUT2D eigenvalue weighted by atomic mass is 32.1. The number of hydrazine groups is 1. The number of nitrogens with zero attached hydrogens (tertiary/aromatic N) is 2. The van der Waals surface area contributed by atoms with E-state index in [4.69, 9.17) is 26.4 Å². The van der Waals surface area contributed by atoms with Crippen molar-refractivity contribution in [3.8, 4) is 28.6 Å². The summed E-state index contributed by atoms with van der Waals surface area (Å²) in [7, 11) is 3.09. The maximum absolute atomic E-state index is 12.5. The van der Waals surface area contributed by atoms with Gasteiger partial charge in [0.2, 0.25) is 5.91 Å². The summed E-state index contributed by atoms with van der Waals surface area (Å²) < 4.78 is 18.2. The number of rotatable bonds is 10. The number of hydrogen-bond acceptors (Lipinski definition) is 7. The van der Waals surface area contributed by atoms with Crippen LogP contribution in [0.15, 0.2) is 42.5 Å². The van der Waals surface area contributed by atoms with E-state index in [1.165, 1.54) is 7.11 Å². The summed E-state index contributed by atoms with van der Waals surface area (Å²) in [4.78, 5) is 24.8. The largest absolute Gasteiger partial charge is 0.497 e. The van der Waals surface area contributed by atoms with Gasteiger partial charge < -0.3 is 14.2 Å². The monoisotopic (exact) mass is 485 g/mol. The quantitative estimate of drug-likeness (QED) is 0.298. The van der Waals surface area contributed by atoms with Crippen LogP contribution in [0.5, 0.6) is 17.2 Å². The molecule has 11 heteroatoms. The molecule has 180 valence electrons. The van der Waals surface area contributed by atoms with E-state index in [1.807, 2.05) is 31.2 Å². The molecule has 10 nitrogen and oxygen atoms in total. The molecule has 0 bridgehead atoms. The van der Waals surface area contributed by atoms with Gasteiger partial charge in [-0.3, -0.25) is 30.1 Å². The van der Waals surface area contributed by atoms with Gasteiger partial charge in [-0.1, -0.05) is 6.92 Å². The van der Waals surface area contributed by atoms with Gasteiger partial charge in [-0.05, 0) is 61.1 Å². The Bertz CT molecular complexity index is 1190. The molecule has 0 aliphatic heterocycles. The Hall–Kier alpha value is -3.86. The van der Waals surface area contributed by atoms with E-state index in [0.717, 1.165) is 17.7 Å². The number of carbonyl (C=O) groups excluding carboxylic acids is 2. The molecule has 2 aromatic carbocycles. The molecular weight excluding hydrogens is 458 g/mol. The molecule has 0 saturated heterocycles. The average Bonchev–Trinajstić information content (AvgIpc) is 3.24. The minimum Gasteiger partial charge on any atom is -0.497 e. The van der Waals surface area contributed by atoms with Crippen LogP contribution in [0.4, 0.5) is 0 Å². The van der Waals surface area contributed by atoms with Gasteiger partial charge >= 0.3 is 0 Å². The number of aromatic nitrogens is 3. The topological polar surface area (TPSA) is 120 Å². The zero-order chi connectivity index (χ0) is 24.5. The third-order valence-corrected chi connectivity index (χ3v) is 5.18.